The van der Waals surface area contributed by atoms with Crippen molar-refractivity contribution in [2.45, 2.75) is 26.7 Å². The molecule has 0 saturated carbocycles. The molecular weight excluding hydrogens is 178 g/mol. The molecule has 0 spiro atoms. The topological polar surface area (TPSA) is 12.9 Å². The third-order valence-electron chi connectivity index (χ3n) is 1.89. The van der Waals surface area contributed by atoms with Crippen LogP contribution >= 0.6 is 11.3 Å². The van der Waals surface area contributed by atoms with Crippen molar-refractivity contribution in [3.8, 4) is 0 Å². The molecule has 0 aliphatic carbocycles. The molecule has 0 saturated heterocycles. The minimum atomic E-state index is 0.507. The van der Waals surface area contributed by atoms with Crippen LogP contribution in [0.2, 0.25) is 0 Å². The van der Waals surface area contributed by atoms with E-state index in [1.807, 2.05) is 19.1 Å². The Morgan fingerprint density at radius 3 is 2.69 bits per heavy atom. The van der Waals surface area contributed by atoms with E-state index in [4.69, 9.17) is 0 Å². The minimum Gasteiger partial charge on any atom is -0.241 e. The maximum Gasteiger partial charge on any atom is 0.123 e. The molecule has 0 N–H and O–H groups in total. The quantitative estimate of drug-likeness (QED) is 0.664. The molecule has 0 aliphatic heterocycles. The van der Waals surface area contributed by atoms with Crippen LogP contribution in [0.4, 0.5) is 0 Å². The summed E-state index contributed by atoms with van der Waals surface area (Å²) in [4.78, 5) is 4.53. The standard InChI is InChI=1S/C11H15NS/c1-5-9(6-2)11-12-10(7-13-11)8(3)4/h5-8H,1H2,2-4H3. The van der Waals surface area contributed by atoms with Crippen LogP contribution in [0.25, 0.3) is 5.57 Å². The van der Waals surface area contributed by atoms with Crippen molar-refractivity contribution < 1.29 is 0 Å². The molecule has 0 unspecified atom stereocenters. The second-order valence-corrected chi connectivity index (χ2v) is 4.04. The van der Waals surface area contributed by atoms with Gasteiger partial charge in [0.2, 0.25) is 0 Å². The average molecular weight is 193 g/mol. The zero-order chi connectivity index (χ0) is 9.84. The van der Waals surface area contributed by atoms with E-state index in [2.05, 4.69) is 30.8 Å². The molecule has 1 nitrogen and oxygen atoms in total. The highest BCUT2D eigenvalue weighted by Crippen LogP contribution is 2.23. The van der Waals surface area contributed by atoms with Gasteiger partial charge in [0.1, 0.15) is 5.01 Å². The summed E-state index contributed by atoms with van der Waals surface area (Å²) >= 11 is 1.68. The van der Waals surface area contributed by atoms with Crippen molar-refractivity contribution in [1.29, 1.82) is 0 Å². The number of nitrogens with zero attached hydrogens (tertiary/aromatic N) is 1. The van der Waals surface area contributed by atoms with Gasteiger partial charge in [0.05, 0.1) is 5.69 Å². The molecule has 0 bridgehead atoms. The molecule has 2 heteroatoms. The van der Waals surface area contributed by atoms with Gasteiger partial charge >= 0.3 is 0 Å². The maximum absolute atomic E-state index is 4.53. The van der Waals surface area contributed by atoms with E-state index < -0.39 is 0 Å². The summed E-state index contributed by atoms with van der Waals surface area (Å²) in [5.41, 5.74) is 2.29. The van der Waals surface area contributed by atoms with E-state index in [0.29, 0.717) is 5.92 Å². The Hall–Kier alpha value is -0.890. The second-order valence-electron chi connectivity index (χ2n) is 3.18. The predicted octanol–water partition coefficient (Wildman–Crippen LogP) is 3.86. The number of hydrogen-bond donors (Lipinski definition) is 0. The lowest BCUT2D eigenvalue weighted by atomic mass is 10.2. The molecule has 0 aliphatic rings. The Kier molecular flexibility index (Phi) is 3.43. The Labute approximate surface area is 83.8 Å². The first kappa shape index (κ1) is 10.2. The van der Waals surface area contributed by atoms with Crippen LogP contribution in [0.1, 0.15) is 37.4 Å². The fraction of sp³-hybridized carbons (Fsp3) is 0.364. The van der Waals surface area contributed by atoms with Crippen molar-refractivity contribution in [3.63, 3.8) is 0 Å². The van der Waals surface area contributed by atoms with E-state index in [1.54, 1.807) is 11.3 Å². The summed E-state index contributed by atoms with van der Waals surface area (Å²) in [6, 6.07) is 0. The van der Waals surface area contributed by atoms with Crippen LogP contribution in [0.15, 0.2) is 24.1 Å². The van der Waals surface area contributed by atoms with E-state index in [0.717, 1.165) is 10.6 Å². The number of allylic oxidation sites excluding steroid dienone is 3. The zero-order valence-corrected chi connectivity index (χ0v) is 9.19. The Bertz CT molecular complexity index is 321. The van der Waals surface area contributed by atoms with Crippen molar-refractivity contribution in [3.05, 3.63) is 34.8 Å². The van der Waals surface area contributed by atoms with Gasteiger partial charge in [-0.2, -0.15) is 0 Å². The minimum absolute atomic E-state index is 0.507. The lowest BCUT2D eigenvalue weighted by molar-refractivity contribution is 0.831. The highest BCUT2D eigenvalue weighted by atomic mass is 32.1. The summed E-state index contributed by atoms with van der Waals surface area (Å²) in [5, 5.41) is 3.19. The van der Waals surface area contributed by atoms with Gasteiger partial charge in [-0.25, -0.2) is 4.98 Å². The molecule has 0 atom stereocenters. The monoisotopic (exact) mass is 193 g/mol. The molecule has 0 fully saturated rings. The van der Waals surface area contributed by atoms with Gasteiger partial charge in [-0.3, -0.25) is 0 Å². The summed E-state index contributed by atoms with van der Waals surface area (Å²) in [7, 11) is 0. The van der Waals surface area contributed by atoms with Crippen LogP contribution in [0.5, 0.6) is 0 Å². The lowest BCUT2D eigenvalue weighted by Crippen LogP contribution is -1.87. The summed E-state index contributed by atoms with van der Waals surface area (Å²) in [5.74, 6) is 0.507. The highest BCUT2D eigenvalue weighted by molar-refractivity contribution is 7.10. The Morgan fingerprint density at radius 1 is 1.62 bits per heavy atom. The van der Waals surface area contributed by atoms with Gasteiger partial charge in [0.25, 0.3) is 0 Å². The Balaban J connectivity index is 2.97. The van der Waals surface area contributed by atoms with E-state index in [-0.39, 0.29) is 0 Å². The van der Waals surface area contributed by atoms with Crippen LogP contribution in [-0.4, -0.2) is 4.98 Å². The molecule has 1 heterocycles. The van der Waals surface area contributed by atoms with Gasteiger partial charge in [0, 0.05) is 11.0 Å². The molecule has 1 aromatic rings. The molecular formula is C11H15NS. The molecule has 1 aromatic heterocycles. The molecule has 0 aromatic carbocycles. The van der Waals surface area contributed by atoms with Crippen LogP contribution in [0.3, 0.4) is 0 Å². The van der Waals surface area contributed by atoms with Crippen LogP contribution in [-0.2, 0) is 0 Å². The first-order valence-corrected chi connectivity index (χ1v) is 5.31. The van der Waals surface area contributed by atoms with Gasteiger partial charge < -0.3 is 0 Å². The van der Waals surface area contributed by atoms with Crippen LogP contribution < -0.4 is 0 Å². The molecule has 70 valence electrons. The van der Waals surface area contributed by atoms with Crippen molar-refractivity contribution in [2.75, 3.05) is 0 Å². The number of thiazole rings is 1. The molecule has 13 heavy (non-hydrogen) atoms. The maximum atomic E-state index is 4.53. The summed E-state index contributed by atoms with van der Waals surface area (Å²) in [6.45, 7) is 10.1. The average Bonchev–Trinajstić information content (AvgIpc) is 2.56. The van der Waals surface area contributed by atoms with E-state index in [9.17, 15) is 0 Å². The van der Waals surface area contributed by atoms with E-state index in [1.165, 1.54) is 5.69 Å². The third kappa shape index (κ3) is 2.28. The zero-order valence-electron chi connectivity index (χ0n) is 8.37. The predicted molar refractivity (Wildman–Crippen MR) is 60.1 cm³/mol. The first-order valence-electron chi connectivity index (χ1n) is 4.43. The largest absolute Gasteiger partial charge is 0.241 e. The van der Waals surface area contributed by atoms with E-state index >= 15 is 0 Å². The van der Waals surface area contributed by atoms with Crippen LogP contribution in [0, 0.1) is 0 Å². The fourth-order valence-corrected chi connectivity index (χ4v) is 2.07. The first-order chi connectivity index (χ1) is 6.19. The van der Waals surface area contributed by atoms with Gasteiger partial charge in [0.15, 0.2) is 0 Å². The van der Waals surface area contributed by atoms with Crippen molar-refractivity contribution >= 4 is 16.9 Å². The SMILES string of the molecule is C=CC(=CC)c1nc(C(C)C)cs1. The van der Waals surface area contributed by atoms with Gasteiger partial charge in [-0.1, -0.05) is 32.6 Å². The van der Waals surface area contributed by atoms with Crippen molar-refractivity contribution in [2.24, 2.45) is 0 Å². The highest BCUT2D eigenvalue weighted by Gasteiger charge is 2.06. The fourth-order valence-electron chi connectivity index (χ4n) is 1.01. The molecule has 0 radical (unpaired) electrons. The third-order valence-corrected chi connectivity index (χ3v) is 2.80. The smallest absolute Gasteiger partial charge is 0.123 e. The lowest BCUT2D eigenvalue weighted by Gasteiger charge is -1.97. The number of rotatable bonds is 3. The van der Waals surface area contributed by atoms with Crippen molar-refractivity contribution in [1.82, 2.24) is 4.98 Å². The summed E-state index contributed by atoms with van der Waals surface area (Å²) in [6.07, 6.45) is 3.89. The van der Waals surface area contributed by atoms with Gasteiger partial charge in [-0.05, 0) is 12.8 Å². The summed E-state index contributed by atoms with van der Waals surface area (Å²) < 4.78 is 0. The van der Waals surface area contributed by atoms with Gasteiger partial charge in [-0.15, -0.1) is 11.3 Å². The number of aromatic nitrogens is 1. The second kappa shape index (κ2) is 4.38. The molecule has 0 amide bonds. The molecule has 1 rings (SSSR count). The normalized spacial score (nSPS) is 12.2. The Morgan fingerprint density at radius 2 is 2.31 bits per heavy atom. The number of hydrogen-bond acceptors (Lipinski definition) is 2.